The molecular weight excluding hydrogens is 224 g/mol. The number of nitrogens with one attached hydrogen (secondary N) is 1. The van der Waals surface area contributed by atoms with Crippen molar-refractivity contribution >= 4 is 11.5 Å². The summed E-state index contributed by atoms with van der Waals surface area (Å²) >= 11 is 0. The molecule has 1 aromatic rings. The monoisotopic (exact) mass is 246 g/mol. The molecular formula is C15H22N2O. The molecule has 0 radical (unpaired) electrons. The minimum atomic E-state index is 0.114. The van der Waals surface area contributed by atoms with E-state index in [1.165, 1.54) is 12.8 Å². The van der Waals surface area contributed by atoms with Gasteiger partial charge in [0.05, 0.1) is 0 Å². The fourth-order valence-corrected chi connectivity index (χ4v) is 2.07. The maximum atomic E-state index is 11.2. The van der Waals surface area contributed by atoms with Crippen molar-refractivity contribution in [2.75, 3.05) is 18.9 Å². The lowest BCUT2D eigenvalue weighted by Gasteiger charge is -2.25. The van der Waals surface area contributed by atoms with Gasteiger partial charge in [-0.05, 0) is 58.0 Å². The lowest BCUT2D eigenvalue weighted by molar-refractivity contribution is 0.101. The van der Waals surface area contributed by atoms with E-state index < -0.39 is 0 Å². The number of benzene rings is 1. The summed E-state index contributed by atoms with van der Waals surface area (Å²) in [5, 5.41) is 3.42. The number of rotatable bonds is 6. The molecule has 0 saturated heterocycles. The Bertz CT molecular complexity index is 409. The molecule has 1 aliphatic carbocycles. The van der Waals surface area contributed by atoms with Crippen molar-refractivity contribution < 1.29 is 4.79 Å². The van der Waals surface area contributed by atoms with Crippen LogP contribution in [0.1, 0.15) is 37.0 Å². The SMILES string of the molecule is CC(=O)c1ccc(NCC(C)N(C)C2CC2)cc1. The average Bonchev–Trinajstić information content (AvgIpc) is 3.19. The predicted molar refractivity (Wildman–Crippen MR) is 75.2 cm³/mol. The molecule has 3 heteroatoms. The molecule has 0 bridgehead atoms. The van der Waals surface area contributed by atoms with Crippen molar-refractivity contribution in [3.8, 4) is 0 Å². The maximum absolute atomic E-state index is 11.2. The molecule has 1 unspecified atom stereocenters. The van der Waals surface area contributed by atoms with E-state index in [1.54, 1.807) is 6.92 Å². The van der Waals surface area contributed by atoms with E-state index in [0.29, 0.717) is 6.04 Å². The number of anilines is 1. The standard InChI is InChI=1S/C15H22N2O/c1-11(17(3)15-8-9-15)10-16-14-6-4-13(5-7-14)12(2)18/h4-7,11,15-16H,8-10H2,1-3H3. The molecule has 18 heavy (non-hydrogen) atoms. The largest absolute Gasteiger partial charge is 0.383 e. The molecule has 1 N–H and O–H groups in total. The van der Waals surface area contributed by atoms with E-state index in [0.717, 1.165) is 23.8 Å². The number of hydrogen-bond donors (Lipinski definition) is 1. The van der Waals surface area contributed by atoms with Crippen LogP contribution in [0, 0.1) is 0 Å². The lowest BCUT2D eigenvalue weighted by atomic mass is 10.1. The van der Waals surface area contributed by atoms with Gasteiger partial charge >= 0.3 is 0 Å². The van der Waals surface area contributed by atoms with Crippen LogP contribution in [0.4, 0.5) is 5.69 Å². The molecule has 3 nitrogen and oxygen atoms in total. The molecule has 0 amide bonds. The van der Waals surface area contributed by atoms with Gasteiger partial charge in [-0.1, -0.05) is 0 Å². The van der Waals surface area contributed by atoms with Crippen LogP contribution in [0.3, 0.4) is 0 Å². The first-order valence-electron chi connectivity index (χ1n) is 6.64. The van der Waals surface area contributed by atoms with Gasteiger partial charge in [0, 0.05) is 29.9 Å². The van der Waals surface area contributed by atoms with E-state index >= 15 is 0 Å². The highest BCUT2D eigenvalue weighted by molar-refractivity contribution is 5.94. The number of likely N-dealkylation sites (N-methyl/N-ethyl adjacent to an activating group) is 1. The number of carbonyl (C=O) groups excluding carboxylic acids is 1. The van der Waals surface area contributed by atoms with Gasteiger partial charge in [0.15, 0.2) is 5.78 Å². The first-order chi connectivity index (χ1) is 8.58. The fraction of sp³-hybridized carbons (Fsp3) is 0.533. The zero-order valence-electron chi connectivity index (χ0n) is 11.4. The third-order valence-corrected chi connectivity index (χ3v) is 3.71. The quantitative estimate of drug-likeness (QED) is 0.783. The second kappa shape index (κ2) is 5.53. The first kappa shape index (κ1) is 13.1. The molecule has 0 spiro atoms. The second-order valence-electron chi connectivity index (χ2n) is 5.26. The van der Waals surface area contributed by atoms with Crippen LogP contribution in [0.25, 0.3) is 0 Å². The molecule has 2 rings (SSSR count). The Morgan fingerprint density at radius 2 is 2.00 bits per heavy atom. The molecule has 1 atom stereocenters. The zero-order valence-corrected chi connectivity index (χ0v) is 11.4. The topological polar surface area (TPSA) is 32.3 Å². The summed E-state index contributed by atoms with van der Waals surface area (Å²) in [6.45, 7) is 4.77. The van der Waals surface area contributed by atoms with Crippen molar-refractivity contribution in [1.82, 2.24) is 4.90 Å². The van der Waals surface area contributed by atoms with Crippen molar-refractivity contribution in [3.63, 3.8) is 0 Å². The Morgan fingerprint density at radius 3 is 2.50 bits per heavy atom. The van der Waals surface area contributed by atoms with Gasteiger partial charge in [0.25, 0.3) is 0 Å². The Morgan fingerprint density at radius 1 is 1.39 bits per heavy atom. The Labute approximate surface area is 109 Å². The summed E-state index contributed by atoms with van der Waals surface area (Å²) in [6, 6.07) is 9.02. The predicted octanol–water partition coefficient (Wildman–Crippen LogP) is 2.78. The molecule has 1 aromatic carbocycles. The molecule has 98 valence electrons. The summed E-state index contributed by atoms with van der Waals surface area (Å²) in [5.41, 5.74) is 1.85. The van der Waals surface area contributed by atoms with Crippen LogP contribution in [-0.4, -0.2) is 36.4 Å². The normalized spacial score (nSPS) is 16.7. The minimum Gasteiger partial charge on any atom is -0.383 e. The van der Waals surface area contributed by atoms with Gasteiger partial charge in [-0.3, -0.25) is 9.69 Å². The Balaban J connectivity index is 1.83. The van der Waals surface area contributed by atoms with Crippen LogP contribution in [0.5, 0.6) is 0 Å². The van der Waals surface area contributed by atoms with Crippen molar-refractivity contribution in [2.24, 2.45) is 0 Å². The smallest absolute Gasteiger partial charge is 0.159 e. The highest BCUT2D eigenvalue weighted by atomic mass is 16.1. The van der Waals surface area contributed by atoms with Crippen LogP contribution >= 0.6 is 0 Å². The lowest BCUT2D eigenvalue weighted by Crippen LogP contribution is -2.36. The molecule has 0 aromatic heterocycles. The van der Waals surface area contributed by atoms with E-state index in [4.69, 9.17) is 0 Å². The van der Waals surface area contributed by atoms with Gasteiger partial charge in [0.1, 0.15) is 0 Å². The molecule has 1 fully saturated rings. The Kier molecular flexibility index (Phi) is 4.02. The number of hydrogen-bond acceptors (Lipinski definition) is 3. The zero-order chi connectivity index (χ0) is 13.1. The number of carbonyl (C=O) groups is 1. The fourth-order valence-electron chi connectivity index (χ4n) is 2.07. The summed E-state index contributed by atoms with van der Waals surface area (Å²) in [5.74, 6) is 0.114. The molecule has 1 aliphatic rings. The van der Waals surface area contributed by atoms with Crippen LogP contribution in [0.2, 0.25) is 0 Å². The summed E-state index contributed by atoms with van der Waals surface area (Å²) in [4.78, 5) is 13.6. The molecule has 0 aliphatic heterocycles. The summed E-state index contributed by atoms with van der Waals surface area (Å²) < 4.78 is 0. The van der Waals surface area contributed by atoms with Gasteiger partial charge in [-0.15, -0.1) is 0 Å². The van der Waals surface area contributed by atoms with E-state index in [9.17, 15) is 4.79 Å². The van der Waals surface area contributed by atoms with E-state index in [2.05, 4.69) is 24.2 Å². The van der Waals surface area contributed by atoms with Gasteiger partial charge < -0.3 is 5.32 Å². The molecule has 1 saturated carbocycles. The maximum Gasteiger partial charge on any atom is 0.159 e. The Hall–Kier alpha value is -1.35. The number of Topliss-reactive ketones (excluding diaryl/α,β-unsaturated/α-hetero) is 1. The summed E-state index contributed by atoms with van der Waals surface area (Å²) in [7, 11) is 2.20. The van der Waals surface area contributed by atoms with Gasteiger partial charge in [-0.25, -0.2) is 0 Å². The average molecular weight is 246 g/mol. The molecule has 0 heterocycles. The van der Waals surface area contributed by atoms with Crippen molar-refractivity contribution in [3.05, 3.63) is 29.8 Å². The van der Waals surface area contributed by atoms with Crippen LogP contribution in [-0.2, 0) is 0 Å². The number of nitrogens with zero attached hydrogens (tertiary/aromatic N) is 1. The van der Waals surface area contributed by atoms with Crippen molar-refractivity contribution in [2.45, 2.75) is 38.8 Å². The van der Waals surface area contributed by atoms with Crippen molar-refractivity contribution in [1.29, 1.82) is 0 Å². The highest BCUT2D eigenvalue weighted by Gasteiger charge is 2.28. The van der Waals surface area contributed by atoms with Crippen LogP contribution < -0.4 is 5.32 Å². The highest BCUT2D eigenvalue weighted by Crippen LogP contribution is 2.26. The third kappa shape index (κ3) is 3.33. The van der Waals surface area contributed by atoms with E-state index in [1.807, 2.05) is 24.3 Å². The van der Waals surface area contributed by atoms with Gasteiger partial charge in [-0.2, -0.15) is 0 Å². The third-order valence-electron chi connectivity index (χ3n) is 3.71. The summed E-state index contributed by atoms with van der Waals surface area (Å²) in [6.07, 6.45) is 2.68. The second-order valence-corrected chi connectivity index (χ2v) is 5.26. The van der Waals surface area contributed by atoms with Gasteiger partial charge in [0.2, 0.25) is 0 Å². The van der Waals surface area contributed by atoms with Crippen LogP contribution in [0.15, 0.2) is 24.3 Å². The van der Waals surface area contributed by atoms with E-state index in [-0.39, 0.29) is 5.78 Å². The minimum absolute atomic E-state index is 0.114. The first-order valence-corrected chi connectivity index (χ1v) is 6.64. The number of ketones is 1.